The zero-order valence-electron chi connectivity index (χ0n) is 10.3. The summed E-state index contributed by atoms with van der Waals surface area (Å²) in [5, 5.41) is 19.4. The molecule has 4 nitrogen and oxygen atoms in total. The van der Waals surface area contributed by atoms with E-state index in [1.54, 1.807) is 6.20 Å². The molecule has 0 aliphatic heterocycles. The molecule has 1 aliphatic carbocycles. The van der Waals surface area contributed by atoms with Crippen LogP contribution in [0.5, 0.6) is 0 Å². The second-order valence-electron chi connectivity index (χ2n) is 4.95. The minimum atomic E-state index is -0.544. The van der Waals surface area contributed by atoms with E-state index in [4.69, 9.17) is 5.11 Å². The highest BCUT2D eigenvalue weighted by Crippen LogP contribution is 2.31. The lowest BCUT2D eigenvalue weighted by atomic mass is 10.0. The van der Waals surface area contributed by atoms with Crippen molar-refractivity contribution in [3.63, 3.8) is 0 Å². The molecule has 94 valence electrons. The second-order valence-corrected chi connectivity index (χ2v) is 4.95. The van der Waals surface area contributed by atoms with Crippen LogP contribution < -0.4 is 4.90 Å². The maximum atomic E-state index is 10.3. The summed E-state index contributed by atoms with van der Waals surface area (Å²) >= 11 is 0. The van der Waals surface area contributed by atoms with E-state index in [9.17, 15) is 5.11 Å². The maximum Gasteiger partial charge on any atom is 0.0853 e. The van der Waals surface area contributed by atoms with Gasteiger partial charge in [0.15, 0.2) is 0 Å². The van der Waals surface area contributed by atoms with Crippen LogP contribution in [-0.4, -0.2) is 34.4 Å². The summed E-state index contributed by atoms with van der Waals surface area (Å²) in [6, 6.07) is 3.76. The molecule has 17 heavy (non-hydrogen) atoms. The van der Waals surface area contributed by atoms with Gasteiger partial charge in [-0.25, -0.2) is 0 Å². The van der Waals surface area contributed by atoms with Gasteiger partial charge in [-0.15, -0.1) is 0 Å². The van der Waals surface area contributed by atoms with Crippen molar-refractivity contribution in [3.8, 4) is 0 Å². The first-order valence-corrected chi connectivity index (χ1v) is 6.12. The van der Waals surface area contributed by atoms with Crippen molar-refractivity contribution in [1.82, 2.24) is 4.98 Å². The number of hydrogen-bond acceptors (Lipinski definition) is 4. The molecule has 0 saturated heterocycles. The van der Waals surface area contributed by atoms with E-state index in [0.29, 0.717) is 12.2 Å². The Morgan fingerprint density at radius 2 is 2.12 bits per heavy atom. The SMILES string of the molecule is CN(CC1(O)CCCC1)c1ccnc(CO)c1. The van der Waals surface area contributed by atoms with Crippen LogP contribution >= 0.6 is 0 Å². The minimum Gasteiger partial charge on any atom is -0.390 e. The highest BCUT2D eigenvalue weighted by atomic mass is 16.3. The molecule has 0 amide bonds. The van der Waals surface area contributed by atoms with Crippen LogP contribution in [0.1, 0.15) is 31.4 Å². The van der Waals surface area contributed by atoms with E-state index in [1.807, 2.05) is 24.1 Å². The maximum absolute atomic E-state index is 10.3. The van der Waals surface area contributed by atoms with Crippen molar-refractivity contribution in [2.24, 2.45) is 0 Å². The summed E-state index contributed by atoms with van der Waals surface area (Å²) < 4.78 is 0. The smallest absolute Gasteiger partial charge is 0.0853 e. The summed E-state index contributed by atoms with van der Waals surface area (Å²) in [5.74, 6) is 0. The van der Waals surface area contributed by atoms with Crippen molar-refractivity contribution in [2.75, 3.05) is 18.5 Å². The van der Waals surface area contributed by atoms with E-state index in [-0.39, 0.29) is 6.61 Å². The Balaban J connectivity index is 2.05. The van der Waals surface area contributed by atoms with E-state index in [2.05, 4.69) is 4.98 Å². The molecule has 1 fully saturated rings. The van der Waals surface area contributed by atoms with Gasteiger partial charge in [0.25, 0.3) is 0 Å². The third kappa shape index (κ3) is 2.96. The molecule has 4 heteroatoms. The van der Waals surface area contributed by atoms with Crippen molar-refractivity contribution < 1.29 is 10.2 Å². The molecule has 0 unspecified atom stereocenters. The summed E-state index contributed by atoms with van der Waals surface area (Å²) in [6.07, 6.45) is 5.69. The number of rotatable bonds is 4. The van der Waals surface area contributed by atoms with Crippen LogP contribution in [-0.2, 0) is 6.61 Å². The van der Waals surface area contributed by atoms with Gasteiger partial charge in [-0.2, -0.15) is 0 Å². The van der Waals surface area contributed by atoms with Gasteiger partial charge >= 0.3 is 0 Å². The molecule has 1 aromatic rings. The van der Waals surface area contributed by atoms with Crippen LogP contribution in [0.3, 0.4) is 0 Å². The Morgan fingerprint density at radius 1 is 1.41 bits per heavy atom. The zero-order valence-corrected chi connectivity index (χ0v) is 10.3. The van der Waals surface area contributed by atoms with Crippen molar-refractivity contribution in [3.05, 3.63) is 24.0 Å². The summed E-state index contributed by atoms with van der Waals surface area (Å²) in [4.78, 5) is 6.08. The molecule has 0 spiro atoms. The highest BCUT2D eigenvalue weighted by Gasteiger charge is 2.32. The lowest BCUT2D eigenvalue weighted by Gasteiger charge is -2.30. The first kappa shape index (κ1) is 12.3. The highest BCUT2D eigenvalue weighted by molar-refractivity contribution is 5.46. The quantitative estimate of drug-likeness (QED) is 0.827. The number of aromatic nitrogens is 1. The molecule has 0 atom stereocenters. The number of pyridine rings is 1. The van der Waals surface area contributed by atoms with Crippen LogP contribution in [0.25, 0.3) is 0 Å². The van der Waals surface area contributed by atoms with Gasteiger partial charge in [0.05, 0.1) is 17.9 Å². The van der Waals surface area contributed by atoms with Gasteiger partial charge in [-0.1, -0.05) is 12.8 Å². The largest absolute Gasteiger partial charge is 0.390 e. The van der Waals surface area contributed by atoms with Gasteiger partial charge in [-0.05, 0) is 25.0 Å². The predicted molar refractivity (Wildman–Crippen MR) is 66.8 cm³/mol. The van der Waals surface area contributed by atoms with Crippen molar-refractivity contribution >= 4 is 5.69 Å². The molecule has 2 rings (SSSR count). The third-order valence-electron chi connectivity index (χ3n) is 3.47. The summed E-state index contributed by atoms with van der Waals surface area (Å²) in [6.45, 7) is 0.591. The molecule has 1 saturated carbocycles. The fourth-order valence-electron chi connectivity index (χ4n) is 2.51. The second kappa shape index (κ2) is 5.02. The normalized spacial score (nSPS) is 18.3. The Hall–Kier alpha value is -1.13. The molecular weight excluding hydrogens is 216 g/mol. The zero-order chi connectivity index (χ0) is 12.3. The molecule has 0 aromatic carbocycles. The summed E-state index contributed by atoms with van der Waals surface area (Å²) in [5.41, 5.74) is 1.11. The summed E-state index contributed by atoms with van der Waals surface area (Å²) in [7, 11) is 1.97. The topological polar surface area (TPSA) is 56.6 Å². The number of likely N-dealkylation sites (N-methyl/N-ethyl adjacent to an activating group) is 1. The van der Waals surface area contributed by atoms with Gasteiger partial charge in [0.2, 0.25) is 0 Å². The fourth-order valence-corrected chi connectivity index (χ4v) is 2.51. The fraction of sp³-hybridized carbons (Fsp3) is 0.615. The van der Waals surface area contributed by atoms with Crippen molar-refractivity contribution in [1.29, 1.82) is 0 Å². The van der Waals surface area contributed by atoms with E-state index >= 15 is 0 Å². The van der Waals surface area contributed by atoms with E-state index in [0.717, 1.165) is 31.4 Å². The van der Waals surface area contributed by atoms with Gasteiger partial charge < -0.3 is 15.1 Å². The third-order valence-corrected chi connectivity index (χ3v) is 3.47. The molecule has 1 aliphatic rings. The molecular formula is C13H20N2O2. The standard InChI is InChI=1S/C13H20N2O2/c1-15(10-13(17)5-2-3-6-13)12-4-7-14-11(8-12)9-16/h4,7-8,16-17H,2-3,5-6,9-10H2,1H3. The van der Waals surface area contributed by atoms with Crippen LogP contribution in [0.15, 0.2) is 18.3 Å². The molecule has 2 N–H and O–H groups in total. The average Bonchev–Trinajstić information content (AvgIpc) is 2.76. The number of aliphatic hydroxyl groups is 2. The number of nitrogens with zero attached hydrogens (tertiary/aromatic N) is 2. The van der Waals surface area contributed by atoms with E-state index < -0.39 is 5.60 Å². The number of anilines is 1. The first-order chi connectivity index (χ1) is 8.13. The number of aliphatic hydroxyl groups excluding tert-OH is 1. The number of hydrogen-bond donors (Lipinski definition) is 2. The Morgan fingerprint density at radius 3 is 2.76 bits per heavy atom. The Kier molecular flexibility index (Phi) is 3.64. The first-order valence-electron chi connectivity index (χ1n) is 6.12. The lowest BCUT2D eigenvalue weighted by Crippen LogP contribution is -2.39. The molecule has 1 aromatic heterocycles. The Labute approximate surface area is 102 Å². The predicted octanol–water partition coefficient (Wildman–Crippen LogP) is 1.32. The van der Waals surface area contributed by atoms with Crippen LogP contribution in [0.4, 0.5) is 5.69 Å². The van der Waals surface area contributed by atoms with Crippen LogP contribution in [0.2, 0.25) is 0 Å². The van der Waals surface area contributed by atoms with Gasteiger partial charge in [-0.3, -0.25) is 4.98 Å². The van der Waals surface area contributed by atoms with Gasteiger partial charge in [0.1, 0.15) is 0 Å². The monoisotopic (exact) mass is 236 g/mol. The molecule has 0 bridgehead atoms. The van der Waals surface area contributed by atoms with E-state index in [1.165, 1.54) is 0 Å². The molecule has 1 heterocycles. The molecule has 0 radical (unpaired) electrons. The minimum absolute atomic E-state index is 0.0497. The average molecular weight is 236 g/mol. The lowest BCUT2D eigenvalue weighted by molar-refractivity contribution is 0.0559. The van der Waals surface area contributed by atoms with Gasteiger partial charge in [0, 0.05) is 25.5 Å². The van der Waals surface area contributed by atoms with Crippen molar-refractivity contribution in [2.45, 2.75) is 37.9 Å². The Bertz CT molecular complexity index is 375. The van der Waals surface area contributed by atoms with Crippen LogP contribution in [0, 0.1) is 0 Å².